The lowest BCUT2D eigenvalue weighted by Gasteiger charge is -2.17. The number of carbonyl (C=O) groups is 1. The lowest BCUT2D eigenvalue weighted by atomic mass is 10.1. The van der Waals surface area contributed by atoms with Crippen molar-refractivity contribution in [2.24, 2.45) is 12.2 Å². The van der Waals surface area contributed by atoms with E-state index in [2.05, 4.69) is 20.4 Å². The second kappa shape index (κ2) is 7.37. The summed E-state index contributed by atoms with van der Waals surface area (Å²) in [5.41, 5.74) is 9.52. The van der Waals surface area contributed by atoms with Crippen LogP contribution in [0.2, 0.25) is 0 Å². The van der Waals surface area contributed by atoms with Gasteiger partial charge >= 0.3 is 5.97 Å². The molecule has 1 atom stereocenters. The van der Waals surface area contributed by atoms with Crippen LogP contribution in [0.4, 0.5) is 0 Å². The van der Waals surface area contributed by atoms with Gasteiger partial charge in [-0.3, -0.25) is 0 Å². The Morgan fingerprint density at radius 1 is 1.60 bits per heavy atom. The fraction of sp³-hybridized carbons (Fsp3) is 0.636. The van der Waals surface area contributed by atoms with Gasteiger partial charge in [0.15, 0.2) is 0 Å². The maximum atomic E-state index is 11.9. The summed E-state index contributed by atoms with van der Waals surface area (Å²) in [7, 11) is 4.54. The predicted molar refractivity (Wildman–Crippen MR) is 71.3 cm³/mol. The maximum Gasteiger partial charge on any atom is 0.327 e. The summed E-state index contributed by atoms with van der Waals surface area (Å²) in [6, 6.07) is -0.724. The molecule has 0 saturated carbocycles. The van der Waals surface area contributed by atoms with E-state index >= 15 is 0 Å². The van der Waals surface area contributed by atoms with Gasteiger partial charge in [0.25, 0.3) is 0 Å². The smallest absolute Gasteiger partial charge is 0.327 e. The molecular weight excluding hydrogens is 264 g/mol. The molecule has 1 aromatic rings. The molecule has 0 aliphatic carbocycles. The SMILES string of the molecule is COC(=O)C(NCCN=[N+]=[N-])c1c(C)nn(C)c1OC. The molecule has 1 heterocycles. The van der Waals surface area contributed by atoms with Crippen molar-refractivity contribution in [2.75, 3.05) is 27.3 Å². The molecule has 9 heteroatoms. The number of ether oxygens (including phenoxy) is 2. The van der Waals surface area contributed by atoms with E-state index in [9.17, 15) is 4.79 Å². The van der Waals surface area contributed by atoms with Gasteiger partial charge < -0.3 is 14.8 Å². The molecule has 0 fully saturated rings. The zero-order valence-corrected chi connectivity index (χ0v) is 12.0. The van der Waals surface area contributed by atoms with Crippen LogP contribution in [0, 0.1) is 6.92 Å². The van der Waals surface area contributed by atoms with Crippen LogP contribution in [0.3, 0.4) is 0 Å². The summed E-state index contributed by atoms with van der Waals surface area (Å²) >= 11 is 0. The molecule has 1 unspecified atom stereocenters. The van der Waals surface area contributed by atoms with E-state index in [-0.39, 0.29) is 6.54 Å². The average Bonchev–Trinajstić information content (AvgIpc) is 2.72. The summed E-state index contributed by atoms with van der Waals surface area (Å²) in [4.78, 5) is 14.6. The number of carbonyl (C=O) groups excluding carboxylic acids is 1. The monoisotopic (exact) mass is 282 g/mol. The highest BCUT2D eigenvalue weighted by molar-refractivity contribution is 5.78. The Bertz CT molecular complexity index is 520. The number of hydrogen-bond donors (Lipinski definition) is 1. The van der Waals surface area contributed by atoms with Crippen LogP contribution in [0.15, 0.2) is 5.11 Å². The summed E-state index contributed by atoms with van der Waals surface area (Å²) < 4.78 is 11.6. The van der Waals surface area contributed by atoms with Crippen molar-refractivity contribution in [3.05, 3.63) is 21.7 Å². The first-order valence-electron chi connectivity index (χ1n) is 5.96. The van der Waals surface area contributed by atoms with Crippen molar-refractivity contribution in [2.45, 2.75) is 13.0 Å². The molecule has 0 aliphatic heterocycles. The van der Waals surface area contributed by atoms with E-state index < -0.39 is 12.0 Å². The first-order chi connectivity index (χ1) is 9.56. The molecule has 110 valence electrons. The van der Waals surface area contributed by atoms with E-state index in [1.54, 1.807) is 18.7 Å². The Balaban J connectivity index is 3.04. The van der Waals surface area contributed by atoms with Crippen molar-refractivity contribution >= 4 is 5.97 Å². The second-order valence-corrected chi connectivity index (χ2v) is 4.00. The first kappa shape index (κ1) is 15.8. The molecule has 0 aromatic carbocycles. The molecule has 0 saturated heterocycles. The third-order valence-electron chi connectivity index (χ3n) is 2.76. The largest absolute Gasteiger partial charge is 0.481 e. The Morgan fingerprint density at radius 2 is 2.30 bits per heavy atom. The fourth-order valence-corrected chi connectivity index (χ4v) is 1.95. The van der Waals surface area contributed by atoms with E-state index in [0.717, 1.165) is 0 Å². The van der Waals surface area contributed by atoms with Gasteiger partial charge in [-0.15, -0.1) is 0 Å². The highest BCUT2D eigenvalue weighted by Gasteiger charge is 2.29. The van der Waals surface area contributed by atoms with Crippen LogP contribution in [-0.2, 0) is 16.6 Å². The molecule has 0 spiro atoms. The quantitative estimate of drug-likeness (QED) is 0.262. The number of aromatic nitrogens is 2. The standard InChI is InChI=1S/C11H18N6O3/c1-7-8(10(19-3)17(2)15-7)9(11(18)20-4)13-5-6-14-16-12/h9,13H,5-6H2,1-4H3. The van der Waals surface area contributed by atoms with Crippen molar-refractivity contribution in [1.29, 1.82) is 0 Å². The van der Waals surface area contributed by atoms with Crippen molar-refractivity contribution in [3.8, 4) is 5.88 Å². The van der Waals surface area contributed by atoms with Gasteiger partial charge in [0.2, 0.25) is 5.88 Å². The normalized spacial score (nSPS) is 11.6. The molecule has 1 aromatic heterocycles. The number of hydrogen-bond acceptors (Lipinski definition) is 6. The van der Waals surface area contributed by atoms with Crippen LogP contribution in [0.25, 0.3) is 10.4 Å². The van der Waals surface area contributed by atoms with Gasteiger partial charge in [-0.05, 0) is 12.5 Å². The van der Waals surface area contributed by atoms with Crippen LogP contribution in [0.5, 0.6) is 5.88 Å². The van der Waals surface area contributed by atoms with Gasteiger partial charge in [-0.2, -0.15) is 5.10 Å². The first-order valence-corrected chi connectivity index (χ1v) is 5.96. The lowest BCUT2D eigenvalue weighted by Crippen LogP contribution is -2.32. The maximum absolute atomic E-state index is 11.9. The van der Waals surface area contributed by atoms with Gasteiger partial charge in [0.1, 0.15) is 6.04 Å². The topological polar surface area (TPSA) is 114 Å². The molecule has 1 rings (SSSR count). The van der Waals surface area contributed by atoms with E-state index in [0.29, 0.717) is 23.7 Å². The molecular formula is C11H18N6O3. The minimum Gasteiger partial charge on any atom is -0.481 e. The predicted octanol–water partition coefficient (Wildman–Crippen LogP) is 0.851. The third kappa shape index (κ3) is 3.40. The molecule has 0 bridgehead atoms. The minimum absolute atomic E-state index is 0.228. The summed E-state index contributed by atoms with van der Waals surface area (Å²) in [6.45, 7) is 2.34. The van der Waals surface area contributed by atoms with Gasteiger partial charge in [0, 0.05) is 25.0 Å². The second-order valence-electron chi connectivity index (χ2n) is 4.00. The van der Waals surface area contributed by atoms with E-state index in [4.69, 9.17) is 15.0 Å². The van der Waals surface area contributed by atoms with Crippen LogP contribution < -0.4 is 10.1 Å². The van der Waals surface area contributed by atoms with Crippen molar-refractivity contribution < 1.29 is 14.3 Å². The number of rotatable bonds is 7. The molecule has 0 aliphatic rings. The highest BCUT2D eigenvalue weighted by Crippen LogP contribution is 2.28. The van der Waals surface area contributed by atoms with Crippen LogP contribution in [0.1, 0.15) is 17.3 Å². The highest BCUT2D eigenvalue weighted by atomic mass is 16.5. The number of esters is 1. The van der Waals surface area contributed by atoms with E-state index in [1.165, 1.54) is 14.2 Å². The molecule has 9 nitrogen and oxygen atoms in total. The Labute approximate surface area is 116 Å². The lowest BCUT2D eigenvalue weighted by molar-refractivity contribution is -0.143. The minimum atomic E-state index is -0.724. The molecule has 0 radical (unpaired) electrons. The number of nitrogens with one attached hydrogen (secondary N) is 1. The van der Waals surface area contributed by atoms with Crippen LogP contribution in [-0.4, -0.2) is 43.1 Å². The molecule has 0 amide bonds. The van der Waals surface area contributed by atoms with Crippen molar-refractivity contribution in [1.82, 2.24) is 15.1 Å². The van der Waals surface area contributed by atoms with Gasteiger partial charge in [-0.25, -0.2) is 9.48 Å². The zero-order valence-electron chi connectivity index (χ0n) is 12.0. The number of methoxy groups -OCH3 is 2. The number of aryl methyl sites for hydroxylation is 2. The Kier molecular flexibility index (Phi) is 5.82. The summed E-state index contributed by atoms with van der Waals surface area (Å²) in [5, 5.41) is 10.6. The number of azide groups is 1. The summed E-state index contributed by atoms with van der Waals surface area (Å²) in [5.74, 6) is 0.0227. The Morgan fingerprint density at radius 3 is 2.85 bits per heavy atom. The average molecular weight is 282 g/mol. The van der Waals surface area contributed by atoms with Gasteiger partial charge in [0.05, 0.1) is 25.5 Å². The van der Waals surface area contributed by atoms with E-state index in [1.807, 2.05) is 0 Å². The van der Waals surface area contributed by atoms with Crippen LogP contribution >= 0.6 is 0 Å². The Hall–Kier alpha value is -2.25. The summed E-state index contributed by atoms with van der Waals surface area (Å²) in [6.07, 6.45) is 0. The molecule has 20 heavy (non-hydrogen) atoms. The van der Waals surface area contributed by atoms with Crippen molar-refractivity contribution in [3.63, 3.8) is 0 Å². The zero-order chi connectivity index (χ0) is 15.1. The fourth-order valence-electron chi connectivity index (χ4n) is 1.95. The third-order valence-corrected chi connectivity index (χ3v) is 2.76. The van der Waals surface area contributed by atoms with Gasteiger partial charge in [-0.1, -0.05) is 5.11 Å². The molecule has 1 N–H and O–H groups in total. The number of nitrogens with zero attached hydrogens (tertiary/aromatic N) is 5.